The lowest BCUT2D eigenvalue weighted by molar-refractivity contribution is 0.00722. The second-order valence-electron chi connectivity index (χ2n) is 9.20. The van der Waals surface area contributed by atoms with Gasteiger partial charge < -0.3 is 30.9 Å². The summed E-state index contributed by atoms with van der Waals surface area (Å²) in [7, 11) is 0. The summed E-state index contributed by atoms with van der Waals surface area (Å²) in [4.78, 5) is 13.4. The molecule has 6 rings (SSSR count). The summed E-state index contributed by atoms with van der Waals surface area (Å²) >= 11 is 0. The van der Waals surface area contributed by atoms with Gasteiger partial charge in [0.15, 0.2) is 11.5 Å². The third-order valence-corrected chi connectivity index (χ3v) is 6.99. The molecule has 3 aromatic heterocycles. The van der Waals surface area contributed by atoms with Crippen LogP contribution >= 0.6 is 0 Å². The minimum atomic E-state index is -1.04. The van der Waals surface area contributed by atoms with Crippen molar-refractivity contribution in [2.75, 3.05) is 11.1 Å². The molecule has 0 spiro atoms. The Bertz CT molecular complexity index is 1370. The Morgan fingerprint density at radius 3 is 2.68 bits per heavy atom. The van der Waals surface area contributed by atoms with E-state index in [1.165, 1.54) is 0 Å². The molecular weight excluding hydrogens is 436 g/mol. The summed E-state index contributed by atoms with van der Waals surface area (Å²) in [6, 6.07) is 6.63. The number of aryl methyl sites for hydroxylation is 1. The maximum atomic E-state index is 10.9. The van der Waals surface area contributed by atoms with Gasteiger partial charge in [-0.2, -0.15) is 15.1 Å². The van der Waals surface area contributed by atoms with E-state index < -0.39 is 24.4 Å². The summed E-state index contributed by atoms with van der Waals surface area (Å²) < 4.78 is 3.43. The number of aromatic nitrogens is 6. The van der Waals surface area contributed by atoms with Gasteiger partial charge in [0.05, 0.1) is 36.8 Å². The summed E-state index contributed by atoms with van der Waals surface area (Å²) in [6.45, 7) is 1.93. The van der Waals surface area contributed by atoms with Gasteiger partial charge in [-0.05, 0) is 30.0 Å². The van der Waals surface area contributed by atoms with Crippen LogP contribution < -0.4 is 11.1 Å². The minimum Gasteiger partial charge on any atom is -0.390 e. The van der Waals surface area contributed by atoms with Crippen molar-refractivity contribution in [1.29, 1.82) is 0 Å². The number of aliphatic hydroxyl groups is 3. The molecule has 11 nitrogen and oxygen atoms in total. The zero-order chi connectivity index (χ0) is 23.6. The lowest BCUT2D eigenvalue weighted by atomic mass is 10.1. The number of nitrogens with one attached hydrogen (secondary N) is 1. The number of hydrogen-bond donors (Lipinski definition) is 5. The lowest BCUT2D eigenvalue weighted by Gasteiger charge is -2.20. The van der Waals surface area contributed by atoms with Gasteiger partial charge in [0, 0.05) is 12.6 Å². The van der Waals surface area contributed by atoms with Crippen LogP contribution in [0.2, 0.25) is 0 Å². The molecule has 34 heavy (non-hydrogen) atoms. The highest BCUT2D eigenvalue weighted by Gasteiger charge is 2.44. The van der Waals surface area contributed by atoms with E-state index in [0.29, 0.717) is 24.0 Å². The van der Waals surface area contributed by atoms with Crippen LogP contribution in [0.5, 0.6) is 0 Å². The van der Waals surface area contributed by atoms with Crippen LogP contribution in [0.1, 0.15) is 41.2 Å². The number of rotatable bonds is 4. The van der Waals surface area contributed by atoms with Crippen LogP contribution in [0.25, 0.3) is 11.2 Å². The highest BCUT2D eigenvalue weighted by Crippen LogP contribution is 2.40. The summed E-state index contributed by atoms with van der Waals surface area (Å²) in [5.74, 6) is 0.457. The van der Waals surface area contributed by atoms with Crippen LogP contribution in [0.4, 0.5) is 11.8 Å². The minimum absolute atomic E-state index is 0.194. The first-order chi connectivity index (χ1) is 16.4. The van der Waals surface area contributed by atoms with Crippen molar-refractivity contribution in [2.24, 2.45) is 0 Å². The Labute approximate surface area is 194 Å². The number of hydrogen-bond acceptors (Lipinski definition) is 9. The largest absolute Gasteiger partial charge is 0.390 e. The van der Waals surface area contributed by atoms with Gasteiger partial charge in [-0.25, -0.2) is 4.98 Å². The van der Waals surface area contributed by atoms with E-state index >= 15 is 0 Å². The van der Waals surface area contributed by atoms with E-state index in [4.69, 9.17) is 5.73 Å². The van der Waals surface area contributed by atoms with Gasteiger partial charge in [-0.1, -0.05) is 24.3 Å². The molecule has 0 unspecified atom stereocenters. The topological polar surface area (TPSA) is 160 Å². The molecule has 0 amide bonds. The van der Waals surface area contributed by atoms with Crippen LogP contribution in [0.15, 0.2) is 43.0 Å². The number of benzene rings is 1. The number of nitrogens with zero attached hydrogens (tertiary/aromatic N) is 6. The second kappa shape index (κ2) is 7.76. The maximum Gasteiger partial charge on any atom is 0.227 e. The Morgan fingerprint density at radius 2 is 1.88 bits per heavy atom. The van der Waals surface area contributed by atoms with Crippen molar-refractivity contribution in [3.63, 3.8) is 0 Å². The number of fused-ring (bicyclic) bond motifs is 2. The Kier molecular flexibility index (Phi) is 4.80. The van der Waals surface area contributed by atoms with Gasteiger partial charge >= 0.3 is 0 Å². The second-order valence-corrected chi connectivity index (χ2v) is 9.20. The Morgan fingerprint density at radius 1 is 1.09 bits per heavy atom. The molecule has 6 atom stereocenters. The summed E-state index contributed by atoms with van der Waals surface area (Å²) in [5, 5.41) is 39.8. The number of nitrogen functional groups attached to an aromatic ring is 1. The quantitative estimate of drug-likeness (QED) is 0.297. The molecule has 11 heteroatoms. The van der Waals surface area contributed by atoms with Gasteiger partial charge in [0.25, 0.3) is 0 Å². The molecule has 2 aliphatic carbocycles. The van der Waals surface area contributed by atoms with Crippen LogP contribution in [0, 0.1) is 6.92 Å². The summed E-state index contributed by atoms with van der Waals surface area (Å²) in [6.07, 6.45) is 3.47. The molecule has 0 bridgehead atoms. The lowest BCUT2D eigenvalue weighted by Crippen LogP contribution is -2.30. The molecule has 0 aliphatic heterocycles. The molecular formula is C23H26N8O3. The normalized spacial score (nSPS) is 28.5. The maximum absolute atomic E-state index is 10.9. The van der Waals surface area contributed by atoms with E-state index in [9.17, 15) is 15.3 Å². The van der Waals surface area contributed by atoms with Gasteiger partial charge in [-0.3, -0.25) is 4.68 Å². The number of anilines is 2. The van der Waals surface area contributed by atoms with E-state index in [1.54, 1.807) is 21.8 Å². The highest BCUT2D eigenvalue weighted by atomic mass is 16.3. The summed E-state index contributed by atoms with van der Waals surface area (Å²) in [5.41, 5.74) is 10.1. The smallest absolute Gasteiger partial charge is 0.227 e. The average molecular weight is 463 g/mol. The first kappa shape index (κ1) is 21.0. The van der Waals surface area contributed by atoms with Crippen molar-refractivity contribution in [1.82, 2.24) is 29.3 Å². The van der Waals surface area contributed by atoms with Crippen LogP contribution in [-0.4, -0.2) is 62.9 Å². The van der Waals surface area contributed by atoms with E-state index in [0.717, 1.165) is 16.7 Å². The third kappa shape index (κ3) is 3.23. The predicted molar refractivity (Wildman–Crippen MR) is 124 cm³/mol. The fourth-order valence-corrected chi connectivity index (χ4v) is 5.27. The molecule has 176 valence electrons. The fraction of sp³-hybridized carbons (Fsp3) is 0.391. The van der Waals surface area contributed by atoms with E-state index in [1.807, 2.05) is 37.4 Å². The van der Waals surface area contributed by atoms with Crippen molar-refractivity contribution in [3.8, 4) is 0 Å². The molecule has 1 saturated carbocycles. The van der Waals surface area contributed by atoms with E-state index in [2.05, 4.69) is 25.4 Å². The van der Waals surface area contributed by atoms with Crippen molar-refractivity contribution in [2.45, 2.75) is 56.2 Å². The first-order valence-corrected chi connectivity index (χ1v) is 11.3. The fourth-order valence-electron chi connectivity index (χ4n) is 5.27. The highest BCUT2D eigenvalue weighted by molar-refractivity contribution is 5.83. The molecule has 0 saturated heterocycles. The van der Waals surface area contributed by atoms with Crippen molar-refractivity contribution >= 4 is 22.9 Å². The van der Waals surface area contributed by atoms with Crippen molar-refractivity contribution in [3.05, 3.63) is 59.7 Å². The first-order valence-electron chi connectivity index (χ1n) is 11.3. The zero-order valence-corrected chi connectivity index (χ0v) is 18.5. The Balaban J connectivity index is 1.34. The number of nitrogens with two attached hydrogens (primary N) is 1. The zero-order valence-electron chi connectivity index (χ0n) is 18.5. The average Bonchev–Trinajstić information content (AvgIpc) is 3.56. The van der Waals surface area contributed by atoms with Gasteiger partial charge in [0.2, 0.25) is 5.95 Å². The van der Waals surface area contributed by atoms with Crippen LogP contribution in [-0.2, 0) is 6.42 Å². The van der Waals surface area contributed by atoms with Crippen LogP contribution in [0.3, 0.4) is 0 Å². The molecule has 2 aliphatic rings. The molecule has 6 N–H and O–H groups in total. The Hall–Kier alpha value is -3.54. The van der Waals surface area contributed by atoms with Crippen molar-refractivity contribution < 1.29 is 15.3 Å². The SMILES string of the molecule is Cc1cnn([C@H]2C[C@@H](n3cnc4c(N)nc(N[C@@H]5c6ccccc6C[C@@H]5O)nc43)[C@H](O)[C@@H]2O)c1. The number of imidazole rings is 1. The van der Waals surface area contributed by atoms with E-state index in [-0.39, 0.29) is 23.8 Å². The monoisotopic (exact) mass is 462 g/mol. The molecule has 1 fully saturated rings. The van der Waals surface area contributed by atoms with Gasteiger partial charge in [-0.15, -0.1) is 0 Å². The third-order valence-electron chi connectivity index (χ3n) is 6.99. The predicted octanol–water partition coefficient (Wildman–Crippen LogP) is 0.892. The number of aliphatic hydroxyl groups excluding tert-OH is 3. The molecule has 4 aromatic rings. The van der Waals surface area contributed by atoms with Gasteiger partial charge in [0.1, 0.15) is 17.7 Å². The molecule has 1 aromatic carbocycles. The molecule has 3 heterocycles. The standard InChI is InChI=1S/C23H26N8O3/c1-11-8-26-31(9-11)15-7-14(19(33)20(15)34)30-10-25-18-21(24)28-23(29-22(18)30)27-17-13-5-3-2-4-12(13)6-16(17)32/h2-5,8-10,14-17,19-20,32-34H,6-7H2,1H3,(H3,24,27,28,29)/t14-,15+,16+,17-,19+,20-/m1/s1. The molecule has 0 radical (unpaired) electrons.